The maximum absolute atomic E-state index is 12.6. The van der Waals surface area contributed by atoms with Crippen molar-refractivity contribution in [2.24, 2.45) is 0 Å². The molecule has 0 bridgehead atoms. The molecule has 1 heterocycles. The molecule has 1 aromatic rings. The van der Waals surface area contributed by atoms with Crippen LogP contribution in [0.1, 0.15) is 27.7 Å². The van der Waals surface area contributed by atoms with Gasteiger partial charge in [0.05, 0.1) is 0 Å². The molecule has 3 nitrogen and oxygen atoms in total. The van der Waals surface area contributed by atoms with Gasteiger partial charge in [-0.05, 0) is 12.1 Å². The first-order chi connectivity index (χ1) is 6.97. The van der Waals surface area contributed by atoms with E-state index in [4.69, 9.17) is 0 Å². The van der Waals surface area contributed by atoms with Crippen molar-refractivity contribution in [3.8, 4) is 0 Å². The topological polar surface area (TPSA) is 42.0 Å². The zero-order valence-corrected chi connectivity index (χ0v) is 10.7. The lowest BCUT2D eigenvalue weighted by molar-refractivity contribution is 0.565. The van der Waals surface area contributed by atoms with E-state index in [1.165, 1.54) is 0 Å². The summed E-state index contributed by atoms with van der Waals surface area (Å²) >= 11 is 0. The molecule has 1 rings (SSSR count). The Kier molecular flexibility index (Phi) is 3.92. The lowest BCUT2D eigenvalue weighted by atomic mass is 10.5. The molecule has 4 heteroatoms. The highest BCUT2D eigenvalue weighted by molar-refractivity contribution is 7.66. The zero-order valence-electron chi connectivity index (χ0n) is 9.77. The SMILES string of the molecule is CC(C)P(=O)(Nc1ccccn1)C(C)C. The number of nitrogens with zero attached hydrogens (tertiary/aromatic N) is 1. The molecule has 0 unspecified atom stereocenters. The Balaban J connectivity index is 2.91. The van der Waals surface area contributed by atoms with Crippen molar-refractivity contribution in [3.05, 3.63) is 24.4 Å². The minimum absolute atomic E-state index is 0.125. The third-order valence-electron chi connectivity index (χ3n) is 2.49. The predicted molar refractivity (Wildman–Crippen MR) is 65.7 cm³/mol. The Morgan fingerprint density at radius 2 is 1.80 bits per heavy atom. The average molecular weight is 226 g/mol. The predicted octanol–water partition coefficient (Wildman–Crippen LogP) is 3.59. The minimum atomic E-state index is -2.40. The van der Waals surface area contributed by atoms with Crippen LogP contribution in [-0.2, 0) is 4.57 Å². The number of hydrogen-bond acceptors (Lipinski definition) is 2. The lowest BCUT2D eigenvalue weighted by Gasteiger charge is -2.27. The van der Waals surface area contributed by atoms with Gasteiger partial charge in [0, 0.05) is 17.5 Å². The maximum atomic E-state index is 12.6. The number of rotatable bonds is 4. The van der Waals surface area contributed by atoms with Crippen molar-refractivity contribution in [1.82, 2.24) is 4.98 Å². The Morgan fingerprint density at radius 1 is 1.20 bits per heavy atom. The van der Waals surface area contributed by atoms with Gasteiger partial charge in [-0.15, -0.1) is 0 Å². The Morgan fingerprint density at radius 3 is 2.20 bits per heavy atom. The summed E-state index contributed by atoms with van der Waals surface area (Å²) in [6.45, 7) is 7.93. The van der Waals surface area contributed by atoms with E-state index in [1.807, 2.05) is 45.9 Å². The van der Waals surface area contributed by atoms with Crippen LogP contribution < -0.4 is 5.09 Å². The van der Waals surface area contributed by atoms with Gasteiger partial charge < -0.3 is 5.09 Å². The van der Waals surface area contributed by atoms with Gasteiger partial charge in [-0.3, -0.25) is 4.57 Å². The van der Waals surface area contributed by atoms with Crippen molar-refractivity contribution in [2.75, 3.05) is 5.09 Å². The quantitative estimate of drug-likeness (QED) is 0.798. The second-order valence-electron chi connectivity index (χ2n) is 4.22. The maximum Gasteiger partial charge on any atom is 0.175 e. The summed E-state index contributed by atoms with van der Waals surface area (Å²) < 4.78 is 12.6. The summed E-state index contributed by atoms with van der Waals surface area (Å²) in [6.07, 6.45) is 1.70. The first kappa shape index (κ1) is 12.3. The van der Waals surface area contributed by atoms with E-state index in [0.717, 1.165) is 0 Å². The van der Waals surface area contributed by atoms with Gasteiger partial charge in [-0.1, -0.05) is 33.8 Å². The van der Waals surface area contributed by atoms with Crippen LogP contribution >= 0.6 is 7.29 Å². The third kappa shape index (κ3) is 2.82. The number of hydrogen-bond donors (Lipinski definition) is 1. The molecule has 15 heavy (non-hydrogen) atoms. The smallest absolute Gasteiger partial charge is 0.175 e. The second kappa shape index (κ2) is 4.80. The monoisotopic (exact) mass is 226 g/mol. The standard InChI is InChI=1S/C11H19N2OP/c1-9(2)15(14,10(3)4)13-11-7-5-6-8-12-11/h5-10H,1-4H3,(H,12,13,14). The van der Waals surface area contributed by atoms with Gasteiger partial charge in [0.15, 0.2) is 7.29 Å². The van der Waals surface area contributed by atoms with E-state index in [9.17, 15) is 4.57 Å². The number of anilines is 1. The van der Waals surface area contributed by atoms with E-state index in [0.29, 0.717) is 5.82 Å². The summed E-state index contributed by atoms with van der Waals surface area (Å²) in [5.74, 6) is 0.697. The normalized spacial score (nSPS) is 12.1. The number of aromatic nitrogens is 1. The van der Waals surface area contributed by atoms with Crippen LogP contribution in [0.2, 0.25) is 0 Å². The fourth-order valence-electron chi connectivity index (χ4n) is 1.46. The number of pyridine rings is 1. The largest absolute Gasteiger partial charge is 0.320 e. The first-order valence-corrected chi connectivity index (χ1v) is 7.10. The fourth-order valence-corrected chi connectivity index (χ4v) is 3.66. The van der Waals surface area contributed by atoms with E-state index in [1.54, 1.807) is 6.20 Å². The van der Waals surface area contributed by atoms with Crippen molar-refractivity contribution in [1.29, 1.82) is 0 Å². The second-order valence-corrected chi connectivity index (χ2v) is 7.93. The van der Waals surface area contributed by atoms with Crippen LogP contribution in [0.3, 0.4) is 0 Å². The van der Waals surface area contributed by atoms with Crippen LogP contribution in [0, 0.1) is 0 Å². The van der Waals surface area contributed by atoms with Gasteiger partial charge in [-0.2, -0.15) is 0 Å². The molecule has 0 aliphatic carbocycles. The van der Waals surface area contributed by atoms with Gasteiger partial charge >= 0.3 is 0 Å². The van der Waals surface area contributed by atoms with E-state index in [2.05, 4.69) is 10.1 Å². The van der Waals surface area contributed by atoms with Crippen LogP contribution in [0.15, 0.2) is 24.4 Å². The number of nitrogens with one attached hydrogen (secondary N) is 1. The Bertz CT molecular complexity index is 337. The molecule has 0 spiro atoms. The van der Waals surface area contributed by atoms with E-state index in [-0.39, 0.29) is 11.3 Å². The Hall–Kier alpha value is -0.820. The summed E-state index contributed by atoms with van der Waals surface area (Å²) in [5.41, 5.74) is 0.249. The molecule has 0 fully saturated rings. The highest BCUT2D eigenvalue weighted by Crippen LogP contribution is 2.53. The van der Waals surface area contributed by atoms with Crippen LogP contribution in [-0.4, -0.2) is 16.3 Å². The first-order valence-electron chi connectivity index (χ1n) is 5.25. The van der Waals surface area contributed by atoms with Crippen LogP contribution in [0.5, 0.6) is 0 Å². The van der Waals surface area contributed by atoms with Crippen molar-refractivity contribution < 1.29 is 4.57 Å². The summed E-state index contributed by atoms with van der Waals surface area (Å²) in [4.78, 5) is 4.15. The summed E-state index contributed by atoms with van der Waals surface area (Å²) in [7, 11) is -2.40. The van der Waals surface area contributed by atoms with E-state index < -0.39 is 7.29 Å². The zero-order chi connectivity index (χ0) is 11.5. The molecule has 0 radical (unpaired) electrons. The van der Waals surface area contributed by atoms with Gasteiger partial charge in [0.1, 0.15) is 5.82 Å². The molecule has 0 atom stereocenters. The van der Waals surface area contributed by atoms with Crippen molar-refractivity contribution in [2.45, 2.75) is 39.0 Å². The molecular formula is C11H19N2OP. The van der Waals surface area contributed by atoms with Crippen LogP contribution in [0.4, 0.5) is 5.82 Å². The summed E-state index contributed by atoms with van der Waals surface area (Å²) in [6, 6.07) is 5.58. The summed E-state index contributed by atoms with van der Waals surface area (Å²) in [5, 5.41) is 3.10. The fraction of sp³-hybridized carbons (Fsp3) is 0.545. The molecule has 0 saturated heterocycles. The highest BCUT2D eigenvalue weighted by atomic mass is 31.2. The Labute approximate surface area is 91.7 Å². The lowest BCUT2D eigenvalue weighted by Crippen LogP contribution is -2.15. The molecule has 0 amide bonds. The molecule has 1 aromatic heterocycles. The van der Waals surface area contributed by atoms with Gasteiger partial charge in [-0.25, -0.2) is 4.98 Å². The molecule has 0 aromatic carbocycles. The molecule has 0 saturated carbocycles. The van der Waals surface area contributed by atoms with Crippen LogP contribution in [0.25, 0.3) is 0 Å². The highest BCUT2D eigenvalue weighted by Gasteiger charge is 2.30. The van der Waals surface area contributed by atoms with E-state index >= 15 is 0 Å². The molecule has 0 aliphatic rings. The third-order valence-corrected chi connectivity index (χ3v) is 6.14. The average Bonchev–Trinajstić information content (AvgIpc) is 2.18. The van der Waals surface area contributed by atoms with Gasteiger partial charge in [0.2, 0.25) is 0 Å². The minimum Gasteiger partial charge on any atom is -0.320 e. The molecule has 1 N–H and O–H groups in total. The molecule has 84 valence electrons. The molecule has 0 aliphatic heterocycles. The molecular weight excluding hydrogens is 207 g/mol. The van der Waals surface area contributed by atoms with Crippen molar-refractivity contribution >= 4 is 13.1 Å². The van der Waals surface area contributed by atoms with Gasteiger partial charge in [0.25, 0.3) is 0 Å². The van der Waals surface area contributed by atoms with Crippen molar-refractivity contribution in [3.63, 3.8) is 0 Å².